The molecule has 0 saturated heterocycles. The Labute approximate surface area is 159 Å². The van der Waals surface area contributed by atoms with E-state index in [4.69, 9.17) is 0 Å². The van der Waals surface area contributed by atoms with Gasteiger partial charge in [0, 0.05) is 0 Å². The maximum atomic E-state index is 9.82. The van der Waals surface area contributed by atoms with Gasteiger partial charge in [-0.3, -0.25) is 0 Å². The maximum absolute atomic E-state index is 9.82. The van der Waals surface area contributed by atoms with Crippen molar-refractivity contribution in [2.45, 2.75) is 65.2 Å². The summed E-state index contributed by atoms with van der Waals surface area (Å²) in [5.74, 6) is 0.747. The standard InChI is InChI=1S/C25H31N/c1-3-20-7-11-23(12-8-20)24-13-9-22(10-14-24)15-17-25(19-26)16-5-6-21(4-2)18-25/h7-14,21H,3-6,15-18H2,1-2H3. The average Bonchev–Trinajstić information content (AvgIpc) is 2.73. The van der Waals surface area contributed by atoms with E-state index in [-0.39, 0.29) is 5.41 Å². The van der Waals surface area contributed by atoms with Gasteiger partial charge < -0.3 is 0 Å². The summed E-state index contributed by atoms with van der Waals surface area (Å²) in [4.78, 5) is 0. The Morgan fingerprint density at radius 2 is 1.58 bits per heavy atom. The molecule has 1 fully saturated rings. The van der Waals surface area contributed by atoms with E-state index in [1.165, 1.54) is 41.5 Å². The van der Waals surface area contributed by atoms with E-state index < -0.39 is 0 Å². The summed E-state index contributed by atoms with van der Waals surface area (Å²) in [6.07, 6.45) is 9.03. The number of aryl methyl sites for hydroxylation is 2. The number of nitrogens with zero attached hydrogens (tertiary/aromatic N) is 1. The highest BCUT2D eigenvalue weighted by molar-refractivity contribution is 5.63. The molecule has 3 rings (SSSR count). The first kappa shape index (κ1) is 18.7. The second kappa shape index (κ2) is 8.54. The second-order valence-electron chi connectivity index (χ2n) is 8.01. The lowest BCUT2D eigenvalue weighted by atomic mass is 9.67. The van der Waals surface area contributed by atoms with Crippen LogP contribution in [0.1, 0.15) is 63.5 Å². The predicted molar refractivity (Wildman–Crippen MR) is 110 cm³/mol. The SMILES string of the molecule is CCc1ccc(-c2ccc(CCC3(C#N)CCCC(CC)C3)cc2)cc1. The van der Waals surface area contributed by atoms with Crippen molar-refractivity contribution in [2.24, 2.45) is 11.3 Å². The Morgan fingerprint density at radius 3 is 2.12 bits per heavy atom. The zero-order chi connectivity index (χ0) is 18.4. The fraction of sp³-hybridized carbons (Fsp3) is 0.480. The molecule has 0 spiro atoms. The Bertz CT molecular complexity index is 735. The average molecular weight is 346 g/mol. The van der Waals surface area contributed by atoms with Gasteiger partial charge >= 0.3 is 0 Å². The van der Waals surface area contributed by atoms with Crippen LogP contribution in [0.4, 0.5) is 0 Å². The summed E-state index contributed by atoms with van der Waals surface area (Å²) in [6, 6.07) is 20.5. The molecule has 2 aromatic rings. The van der Waals surface area contributed by atoms with E-state index in [9.17, 15) is 5.26 Å². The molecule has 1 nitrogen and oxygen atoms in total. The van der Waals surface area contributed by atoms with Crippen LogP contribution in [0.25, 0.3) is 11.1 Å². The van der Waals surface area contributed by atoms with Crippen molar-refractivity contribution in [3.63, 3.8) is 0 Å². The van der Waals surface area contributed by atoms with Crippen molar-refractivity contribution in [2.75, 3.05) is 0 Å². The minimum Gasteiger partial charge on any atom is -0.198 e. The molecule has 1 aliphatic carbocycles. The molecule has 0 amide bonds. The minimum absolute atomic E-state index is 0.0897. The first-order chi connectivity index (χ1) is 12.7. The van der Waals surface area contributed by atoms with Crippen molar-refractivity contribution in [1.29, 1.82) is 5.26 Å². The third kappa shape index (κ3) is 4.36. The van der Waals surface area contributed by atoms with Crippen molar-refractivity contribution >= 4 is 0 Å². The number of hydrogen-bond acceptors (Lipinski definition) is 1. The molecular weight excluding hydrogens is 314 g/mol. The van der Waals surface area contributed by atoms with Crippen molar-refractivity contribution in [3.05, 3.63) is 59.7 Å². The highest BCUT2D eigenvalue weighted by atomic mass is 14.4. The highest BCUT2D eigenvalue weighted by Gasteiger charge is 2.35. The Morgan fingerprint density at radius 1 is 0.962 bits per heavy atom. The molecule has 1 heteroatoms. The van der Waals surface area contributed by atoms with E-state index in [1.54, 1.807) is 0 Å². The zero-order valence-corrected chi connectivity index (χ0v) is 16.3. The summed E-state index contributed by atoms with van der Waals surface area (Å²) in [7, 11) is 0. The van der Waals surface area contributed by atoms with E-state index >= 15 is 0 Å². The predicted octanol–water partition coefficient (Wildman–Crippen LogP) is 6.96. The molecule has 0 radical (unpaired) electrons. The van der Waals surface area contributed by atoms with Crippen LogP contribution < -0.4 is 0 Å². The molecule has 1 saturated carbocycles. The number of nitriles is 1. The Balaban J connectivity index is 1.64. The maximum Gasteiger partial charge on any atom is 0.0689 e. The van der Waals surface area contributed by atoms with Crippen LogP contribution in [0.2, 0.25) is 0 Å². The Hall–Kier alpha value is -2.07. The van der Waals surface area contributed by atoms with Crippen LogP contribution in [0.15, 0.2) is 48.5 Å². The van der Waals surface area contributed by atoms with E-state index in [0.717, 1.165) is 38.0 Å². The largest absolute Gasteiger partial charge is 0.198 e. The van der Waals surface area contributed by atoms with E-state index in [1.807, 2.05) is 0 Å². The topological polar surface area (TPSA) is 23.8 Å². The van der Waals surface area contributed by atoms with Crippen LogP contribution >= 0.6 is 0 Å². The van der Waals surface area contributed by atoms with Gasteiger partial charge in [0.1, 0.15) is 0 Å². The normalized spacial score (nSPS) is 22.7. The zero-order valence-electron chi connectivity index (χ0n) is 16.3. The summed E-state index contributed by atoms with van der Waals surface area (Å²) >= 11 is 0. The molecule has 0 heterocycles. The van der Waals surface area contributed by atoms with Gasteiger partial charge in [-0.15, -0.1) is 0 Å². The number of rotatable bonds is 6. The van der Waals surface area contributed by atoms with Gasteiger partial charge in [0.15, 0.2) is 0 Å². The van der Waals surface area contributed by atoms with Crippen molar-refractivity contribution in [1.82, 2.24) is 0 Å². The van der Waals surface area contributed by atoms with Gasteiger partial charge in [0.25, 0.3) is 0 Å². The van der Waals surface area contributed by atoms with Gasteiger partial charge in [0.05, 0.1) is 11.5 Å². The van der Waals surface area contributed by atoms with Crippen LogP contribution in [0, 0.1) is 22.7 Å². The first-order valence-electron chi connectivity index (χ1n) is 10.3. The molecule has 1 aliphatic rings. The monoisotopic (exact) mass is 345 g/mol. The molecule has 0 N–H and O–H groups in total. The molecule has 0 aromatic heterocycles. The van der Waals surface area contributed by atoms with E-state index in [0.29, 0.717) is 0 Å². The van der Waals surface area contributed by atoms with E-state index in [2.05, 4.69) is 68.4 Å². The smallest absolute Gasteiger partial charge is 0.0689 e. The van der Waals surface area contributed by atoms with Gasteiger partial charge in [-0.2, -0.15) is 5.26 Å². The van der Waals surface area contributed by atoms with Gasteiger partial charge in [-0.1, -0.05) is 81.6 Å². The summed E-state index contributed by atoms with van der Waals surface area (Å²) in [5.41, 5.74) is 5.20. The van der Waals surface area contributed by atoms with Crippen molar-refractivity contribution in [3.8, 4) is 17.2 Å². The summed E-state index contributed by atoms with van der Waals surface area (Å²) in [6.45, 7) is 4.46. The van der Waals surface area contributed by atoms with Crippen LogP contribution in [-0.2, 0) is 12.8 Å². The highest BCUT2D eigenvalue weighted by Crippen LogP contribution is 2.43. The lowest BCUT2D eigenvalue weighted by Gasteiger charge is -2.35. The molecule has 2 unspecified atom stereocenters. The van der Waals surface area contributed by atoms with Crippen molar-refractivity contribution < 1.29 is 0 Å². The molecule has 26 heavy (non-hydrogen) atoms. The second-order valence-corrected chi connectivity index (χ2v) is 8.01. The molecule has 2 aromatic carbocycles. The van der Waals surface area contributed by atoms with Crippen LogP contribution in [0.3, 0.4) is 0 Å². The van der Waals surface area contributed by atoms with Gasteiger partial charge in [0.2, 0.25) is 0 Å². The molecule has 0 aliphatic heterocycles. The quantitative estimate of drug-likeness (QED) is 0.555. The molecule has 0 bridgehead atoms. The molecule has 2 atom stereocenters. The number of hydrogen-bond donors (Lipinski definition) is 0. The lowest BCUT2D eigenvalue weighted by molar-refractivity contribution is 0.183. The first-order valence-corrected chi connectivity index (χ1v) is 10.3. The summed E-state index contributed by atoms with van der Waals surface area (Å²) in [5, 5.41) is 9.82. The fourth-order valence-corrected chi connectivity index (χ4v) is 4.40. The minimum atomic E-state index is -0.0897. The fourth-order valence-electron chi connectivity index (χ4n) is 4.40. The van der Waals surface area contributed by atoms with Crippen LogP contribution in [0.5, 0.6) is 0 Å². The molecule has 136 valence electrons. The van der Waals surface area contributed by atoms with Gasteiger partial charge in [-0.25, -0.2) is 0 Å². The summed E-state index contributed by atoms with van der Waals surface area (Å²) < 4.78 is 0. The third-order valence-corrected chi connectivity index (χ3v) is 6.30. The molecular formula is C25H31N. The van der Waals surface area contributed by atoms with Crippen LogP contribution in [-0.4, -0.2) is 0 Å². The lowest BCUT2D eigenvalue weighted by Crippen LogP contribution is -2.27. The third-order valence-electron chi connectivity index (χ3n) is 6.30. The number of benzene rings is 2. The van der Waals surface area contributed by atoms with Gasteiger partial charge in [-0.05, 0) is 60.3 Å². The Kier molecular flexibility index (Phi) is 6.15.